The molecule has 94 valence electrons. The Morgan fingerprint density at radius 2 is 2.47 bits per heavy atom. The van der Waals surface area contributed by atoms with Crippen LogP contribution in [0.1, 0.15) is 12.6 Å². The van der Waals surface area contributed by atoms with Gasteiger partial charge in [0.25, 0.3) is 0 Å². The van der Waals surface area contributed by atoms with E-state index in [1.54, 1.807) is 11.6 Å². The van der Waals surface area contributed by atoms with Gasteiger partial charge in [-0.1, -0.05) is 0 Å². The summed E-state index contributed by atoms with van der Waals surface area (Å²) in [5, 5.41) is 14.2. The maximum absolute atomic E-state index is 10.9. The highest BCUT2D eigenvalue weighted by atomic mass is 16.6. The normalized spacial score (nSPS) is 21.6. The molecule has 2 heterocycles. The third-order valence-electron chi connectivity index (χ3n) is 3.20. The van der Waals surface area contributed by atoms with Crippen molar-refractivity contribution in [3.8, 4) is 0 Å². The van der Waals surface area contributed by atoms with Crippen LogP contribution in [0, 0.1) is 10.1 Å². The van der Waals surface area contributed by atoms with Crippen LogP contribution < -0.4 is 5.32 Å². The Balaban J connectivity index is 2.17. The summed E-state index contributed by atoms with van der Waals surface area (Å²) in [4.78, 5) is 16.5. The summed E-state index contributed by atoms with van der Waals surface area (Å²) in [5.41, 5.74) is 0.670. The van der Waals surface area contributed by atoms with Crippen molar-refractivity contribution in [1.29, 1.82) is 0 Å². The topological polar surface area (TPSA) is 76.2 Å². The minimum absolute atomic E-state index is 0.0294. The average molecular weight is 239 g/mol. The van der Waals surface area contributed by atoms with E-state index < -0.39 is 4.92 Å². The SMILES string of the molecule is C[C@H]1CNCCN1Cc1c([N+](=O)[O-])ncn1C. The van der Waals surface area contributed by atoms with Gasteiger partial charge in [-0.3, -0.25) is 4.90 Å². The van der Waals surface area contributed by atoms with Crippen LogP contribution in [0.5, 0.6) is 0 Å². The van der Waals surface area contributed by atoms with Gasteiger partial charge in [-0.2, -0.15) is 0 Å². The molecule has 2 rings (SSSR count). The lowest BCUT2D eigenvalue weighted by Crippen LogP contribution is -2.49. The maximum atomic E-state index is 10.9. The highest BCUT2D eigenvalue weighted by Gasteiger charge is 2.25. The second-order valence-corrected chi connectivity index (χ2v) is 4.41. The molecule has 0 aromatic carbocycles. The largest absolute Gasteiger partial charge is 0.386 e. The molecular formula is C10H17N5O2. The van der Waals surface area contributed by atoms with Crippen LogP contribution in [0.15, 0.2) is 6.33 Å². The van der Waals surface area contributed by atoms with Gasteiger partial charge >= 0.3 is 5.82 Å². The van der Waals surface area contributed by atoms with Crippen molar-refractivity contribution in [2.45, 2.75) is 19.5 Å². The molecule has 7 nitrogen and oxygen atoms in total. The van der Waals surface area contributed by atoms with Gasteiger partial charge in [-0.05, 0) is 16.8 Å². The Morgan fingerprint density at radius 1 is 1.71 bits per heavy atom. The second-order valence-electron chi connectivity index (χ2n) is 4.41. The van der Waals surface area contributed by atoms with Crippen LogP contribution >= 0.6 is 0 Å². The van der Waals surface area contributed by atoms with Crippen LogP contribution in [0.4, 0.5) is 5.82 Å². The first-order valence-corrected chi connectivity index (χ1v) is 5.69. The van der Waals surface area contributed by atoms with Gasteiger partial charge < -0.3 is 20.0 Å². The lowest BCUT2D eigenvalue weighted by molar-refractivity contribution is -0.390. The van der Waals surface area contributed by atoms with E-state index in [2.05, 4.69) is 22.1 Å². The minimum atomic E-state index is -0.414. The van der Waals surface area contributed by atoms with Gasteiger partial charge in [-0.15, -0.1) is 0 Å². The number of rotatable bonds is 3. The van der Waals surface area contributed by atoms with Crippen LogP contribution in [-0.4, -0.2) is 45.1 Å². The smallest absolute Gasteiger partial charge is 0.358 e. The Morgan fingerprint density at radius 3 is 3.12 bits per heavy atom. The van der Waals surface area contributed by atoms with E-state index in [-0.39, 0.29) is 5.82 Å². The number of imidazole rings is 1. The van der Waals surface area contributed by atoms with E-state index >= 15 is 0 Å². The molecule has 1 aromatic rings. The molecule has 0 spiro atoms. The zero-order valence-corrected chi connectivity index (χ0v) is 10.1. The number of hydrogen-bond acceptors (Lipinski definition) is 5. The minimum Gasteiger partial charge on any atom is -0.358 e. The van der Waals surface area contributed by atoms with Crippen molar-refractivity contribution in [3.63, 3.8) is 0 Å². The fourth-order valence-electron chi connectivity index (χ4n) is 2.09. The van der Waals surface area contributed by atoms with Crippen LogP contribution in [0.3, 0.4) is 0 Å². The summed E-state index contributed by atoms with van der Waals surface area (Å²) in [6, 6.07) is 0.387. The Hall–Kier alpha value is -1.47. The number of nitrogens with zero attached hydrogens (tertiary/aromatic N) is 4. The predicted molar refractivity (Wildman–Crippen MR) is 62.6 cm³/mol. The van der Waals surface area contributed by atoms with E-state index in [4.69, 9.17) is 0 Å². The molecule has 1 aliphatic heterocycles. The van der Waals surface area contributed by atoms with E-state index in [1.807, 2.05) is 0 Å². The van der Waals surface area contributed by atoms with Crippen molar-refractivity contribution < 1.29 is 4.92 Å². The van der Waals surface area contributed by atoms with Gasteiger partial charge in [-0.25, -0.2) is 0 Å². The summed E-state index contributed by atoms with van der Waals surface area (Å²) in [7, 11) is 1.79. The summed E-state index contributed by atoms with van der Waals surface area (Å²) in [5.74, 6) is -0.0294. The molecule has 7 heteroatoms. The molecule has 0 aliphatic carbocycles. The third kappa shape index (κ3) is 2.45. The molecule has 17 heavy (non-hydrogen) atoms. The number of aryl methyl sites for hydroxylation is 1. The van der Waals surface area contributed by atoms with E-state index in [9.17, 15) is 10.1 Å². The molecule has 1 N–H and O–H groups in total. The van der Waals surface area contributed by atoms with Crippen molar-refractivity contribution in [2.75, 3.05) is 19.6 Å². The molecule has 0 bridgehead atoms. The molecule has 1 atom stereocenters. The average Bonchev–Trinajstić information content (AvgIpc) is 2.64. The Kier molecular flexibility index (Phi) is 3.39. The zero-order valence-electron chi connectivity index (χ0n) is 10.1. The fraction of sp³-hybridized carbons (Fsp3) is 0.700. The lowest BCUT2D eigenvalue weighted by atomic mass is 10.2. The third-order valence-corrected chi connectivity index (χ3v) is 3.20. The number of aromatic nitrogens is 2. The van der Waals surface area contributed by atoms with Gasteiger partial charge in [0.2, 0.25) is 6.33 Å². The molecule has 0 saturated carbocycles. The lowest BCUT2D eigenvalue weighted by Gasteiger charge is -2.33. The standard InChI is InChI=1S/C10H17N5O2/c1-8-5-11-3-4-14(8)6-9-10(15(16)17)12-7-13(9)2/h7-8,11H,3-6H2,1-2H3/t8-/m0/s1. The molecule has 0 unspecified atom stereocenters. The van der Waals surface area contributed by atoms with Crippen LogP contribution in [0.25, 0.3) is 0 Å². The molecule has 1 aromatic heterocycles. The first-order valence-electron chi connectivity index (χ1n) is 5.69. The number of nitrogens with one attached hydrogen (secondary N) is 1. The number of nitro groups is 1. The Bertz CT molecular complexity index is 417. The van der Waals surface area contributed by atoms with Gasteiger partial charge in [0.1, 0.15) is 5.69 Å². The molecule has 0 radical (unpaired) electrons. The quantitative estimate of drug-likeness (QED) is 0.599. The van der Waals surface area contributed by atoms with E-state index in [1.165, 1.54) is 6.33 Å². The molecular weight excluding hydrogens is 222 g/mol. The summed E-state index contributed by atoms with van der Waals surface area (Å²) < 4.78 is 1.73. The van der Waals surface area contributed by atoms with Crippen molar-refractivity contribution >= 4 is 5.82 Å². The molecule has 1 aliphatic rings. The fourth-order valence-corrected chi connectivity index (χ4v) is 2.09. The van der Waals surface area contributed by atoms with Gasteiger partial charge in [0, 0.05) is 39.3 Å². The van der Waals surface area contributed by atoms with E-state index in [0.717, 1.165) is 19.6 Å². The molecule has 1 fully saturated rings. The maximum Gasteiger partial charge on any atom is 0.386 e. The Labute approximate surface area is 99.6 Å². The zero-order chi connectivity index (χ0) is 12.4. The van der Waals surface area contributed by atoms with Crippen LogP contribution in [0.2, 0.25) is 0 Å². The number of piperazine rings is 1. The summed E-state index contributed by atoms with van der Waals surface area (Å²) >= 11 is 0. The van der Waals surface area contributed by atoms with Crippen molar-refractivity contribution in [2.24, 2.45) is 7.05 Å². The van der Waals surface area contributed by atoms with E-state index in [0.29, 0.717) is 18.3 Å². The van der Waals surface area contributed by atoms with Crippen LogP contribution in [-0.2, 0) is 13.6 Å². The van der Waals surface area contributed by atoms with Crippen molar-refractivity contribution in [3.05, 3.63) is 22.1 Å². The summed E-state index contributed by atoms with van der Waals surface area (Å²) in [6.45, 7) is 5.45. The summed E-state index contributed by atoms with van der Waals surface area (Å²) in [6.07, 6.45) is 1.50. The first-order chi connectivity index (χ1) is 8.09. The monoisotopic (exact) mass is 239 g/mol. The van der Waals surface area contributed by atoms with Gasteiger partial charge in [0.15, 0.2) is 0 Å². The number of hydrogen-bond donors (Lipinski definition) is 1. The molecule has 1 saturated heterocycles. The highest BCUT2D eigenvalue weighted by molar-refractivity contribution is 5.26. The molecule has 0 amide bonds. The second kappa shape index (κ2) is 4.80. The predicted octanol–water partition coefficient (Wildman–Crippen LogP) is 0.122. The van der Waals surface area contributed by atoms with Crippen molar-refractivity contribution in [1.82, 2.24) is 19.8 Å². The van der Waals surface area contributed by atoms with Gasteiger partial charge in [0.05, 0.1) is 0 Å². The highest BCUT2D eigenvalue weighted by Crippen LogP contribution is 2.18. The first kappa shape index (κ1) is 12.0.